The molecule has 2 aliphatic carbocycles. The maximum atomic E-state index is 10.4. The van der Waals surface area contributed by atoms with Gasteiger partial charge in [0.2, 0.25) is 0 Å². The van der Waals surface area contributed by atoms with Gasteiger partial charge in [0.15, 0.2) is 0 Å². The molecule has 0 fully saturated rings. The van der Waals surface area contributed by atoms with Gasteiger partial charge in [0, 0.05) is 45.4 Å². The van der Waals surface area contributed by atoms with Crippen LogP contribution in [0.5, 0.6) is 0 Å². The van der Waals surface area contributed by atoms with Gasteiger partial charge in [0.1, 0.15) is 12.1 Å². The molecule has 9 rings (SSSR count). The second-order valence-electron chi connectivity index (χ2n) is 13.0. The Morgan fingerprint density at radius 1 is 0.714 bits per heavy atom. The third kappa shape index (κ3) is 4.65. The monoisotopic (exact) mass is 628 g/mol. The summed E-state index contributed by atoms with van der Waals surface area (Å²) in [5.74, 6) is 0.210. The van der Waals surface area contributed by atoms with Crippen molar-refractivity contribution in [3.05, 3.63) is 173 Å². The van der Waals surface area contributed by atoms with Crippen LogP contribution in [0.4, 0.5) is 0 Å². The van der Waals surface area contributed by atoms with E-state index in [9.17, 15) is 10.5 Å². The van der Waals surface area contributed by atoms with Crippen LogP contribution in [0.3, 0.4) is 0 Å². The summed E-state index contributed by atoms with van der Waals surface area (Å²) < 4.78 is 4.64. The minimum Gasteiger partial charge on any atom is -0.338 e. The summed E-state index contributed by atoms with van der Waals surface area (Å²) in [5.41, 5.74) is 12.9. The van der Waals surface area contributed by atoms with Crippen molar-refractivity contribution in [2.75, 3.05) is 0 Å². The van der Waals surface area contributed by atoms with Crippen LogP contribution in [0.1, 0.15) is 57.8 Å². The molecule has 2 heterocycles. The molecule has 5 aromatic carbocycles. The van der Waals surface area contributed by atoms with Crippen LogP contribution in [0.25, 0.3) is 50.0 Å². The summed E-state index contributed by atoms with van der Waals surface area (Å²) >= 11 is 0. The highest BCUT2D eigenvalue weighted by Crippen LogP contribution is 2.41. The van der Waals surface area contributed by atoms with Gasteiger partial charge in [-0.3, -0.25) is 0 Å². The van der Waals surface area contributed by atoms with E-state index in [1.165, 1.54) is 38.7 Å². The molecule has 7 aromatic rings. The van der Waals surface area contributed by atoms with Crippen LogP contribution in [-0.4, -0.2) is 9.13 Å². The number of nitrogens with zero attached hydrogens (tertiary/aromatic N) is 4. The van der Waals surface area contributed by atoms with Gasteiger partial charge in [-0.05, 0) is 60.2 Å². The fourth-order valence-corrected chi connectivity index (χ4v) is 8.09. The van der Waals surface area contributed by atoms with Crippen LogP contribution in [0, 0.1) is 22.7 Å². The Labute approximate surface area is 285 Å². The quantitative estimate of drug-likeness (QED) is 0.190. The minimum atomic E-state index is 0.210. The molecule has 4 heteroatoms. The van der Waals surface area contributed by atoms with Gasteiger partial charge < -0.3 is 9.13 Å². The second-order valence-corrected chi connectivity index (χ2v) is 13.0. The van der Waals surface area contributed by atoms with Crippen molar-refractivity contribution >= 4 is 44.4 Å². The summed E-state index contributed by atoms with van der Waals surface area (Å²) in [6.07, 6.45) is 14.0. The largest absolute Gasteiger partial charge is 0.338 e. The lowest BCUT2D eigenvalue weighted by Gasteiger charge is -2.23. The number of hydrogen-bond donors (Lipinski definition) is 0. The summed E-state index contributed by atoms with van der Waals surface area (Å²) in [7, 11) is 0. The second kappa shape index (κ2) is 11.7. The topological polar surface area (TPSA) is 57.4 Å². The van der Waals surface area contributed by atoms with Gasteiger partial charge in [-0.2, -0.15) is 10.5 Å². The summed E-state index contributed by atoms with van der Waals surface area (Å²) in [4.78, 5) is 0. The summed E-state index contributed by atoms with van der Waals surface area (Å²) in [5, 5.41) is 23.8. The lowest BCUT2D eigenvalue weighted by Crippen LogP contribution is -2.08. The van der Waals surface area contributed by atoms with Crippen molar-refractivity contribution in [2.24, 2.45) is 0 Å². The predicted molar refractivity (Wildman–Crippen MR) is 200 cm³/mol. The van der Waals surface area contributed by atoms with Gasteiger partial charge in [0.25, 0.3) is 0 Å². The van der Waals surface area contributed by atoms with Crippen molar-refractivity contribution in [2.45, 2.75) is 31.7 Å². The third-order valence-corrected chi connectivity index (χ3v) is 10.3. The van der Waals surface area contributed by atoms with Gasteiger partial charge >= 0.3 is 0 Å². The molecular formula is C45H32N4. The molecule has 0 saturated carbocycles. The van der Waals surface area contributed by atoms with E-state index in [4.69, 9.17) is 0 Å². The molecule has 0 radical (unpaired) electrons. The smallest absolute Gasteiger partial charge is 0.101 e. The first-order valence-electron chi connectivity index (χ1n) is 16.9. The van der Waals surface area contributed by atoms with Crippen molar-refractivity contribution < 1.29 is 0 Å². The molecule has 2 aromatic heterocycles. The van der Waals surface area contributed by atoms with Crippen molar-refractivity contribution in [1.29, 1.82) is 10.5 Å². The number of rotatable bonds is 5. The molecule has 0 spiro atoms. The number of fused-ring (bicyclic) bond motifs is 6. The first-order chi connectivity index (χ1) is 24.2. The van der Waals surface area contributed by atoms with E-state index in [1.807, 2.05) is 24.3 Å². The maximum Gasteiger partial charge on any atom is 0.101 e. The van der Waals surface area contributed by atoms with Crippen LogP contribution in [-0.2, 0) is 13.0 Å². The van der Waals surface area contributed by atoms with Crippen molar-refractivity contribution in [1.82, 2.24) is 9.13 Å². The Balaban J connectivity index is 1.06. The number of nitriles is 2. The highest BCUT2D eigenvalue weighted by atomic mass is 15.0. The molecule has 1 atom stereocenters. The minimum absolute atomic E-state index is 0.210. The molecule has 49 heavy (non-hydrogen) atoms. The lowest BCUT2D eigenvalue weighted by molar-refractivity contribution is 0.753. The van der Waals surface area contributed by atoms with E-state index in [-0.39, 0.29) is 5.92 Å². The zero-order valence-electron chi connectivity index (χ0n) is 27.0. The van der Waals surface area contributed by atoms with Gasteiger partial charge in [0.05, 0.1) is 33.4 Å². The van der Waals surface area contributed by atoms with E-state index in [0.29, 0.717) is 5.56 Å². The Morgan fingerprint density at radius 3 is 2.16 bits per heavy atom. The highest BCUT2D eigenvalue weighted by molar-refractivity contribution is 6.09. The molecule has 0 saturated heterocycles. The lowest BCUT2D eigenvalue weighted by atomic mass is 9.84. The van der Waals surface area contributed by atoms with E-state index < -0.39 is 0 Å². The first-order valence-corrected chi connectivity index (χ1v) is 16.9. The normalized spacial score (nSPS) is 15.3. The zero-order chi connectivity index (χ0) is 32.9. The van der Waals surface area contributed by atoms with Crippen molar-refractivity contribution in [3.63, 3.8) is 0 Å². The molecule has 232 valence electrons. The standard InChI is InChI=1S/C45H32N4/c46-27-34-12-9-18-40-39-16-1-4-19-41(39)48(44(34)40)29-30-22-24-31(25-23-30)32-10-7-11-33(26-32)36-17-8-13-35(28-47)45(36)49-42-20-5-2-14-37(42)38-15-3-6-21-43(38)49/h1-3,5-18,20-25,32H,4,19,26,29H2. The molecule has 0 aliphatic heterocycles. The molecule has 0 N–H and O–H groups in total. The van der Waals surface area contributed by atoms with E-state index >= 15 is 0 Å². The average molecular weight is 629 g/mol. The first kappa shape index (κ1) is 28.8. The number of para-hydroxylation sites is 4. The van der Waals surface area contributed by atoms with Crippen LogP contribution >= 0.6 is 0 Å². The van der Waals surface area contributed by atoms with Crippen LogP contribution in [0.15, 0.2) is 133 Å². The average Bonchev–Trinajstić information content (AvgIpc) is 3.67. The SMILES string of the molecule is N#Cc1cccc(C2=CC=CC(c3ccc(Cn4c5c(c6cccc(C#N)c64)C=CCC5)cc3)C2)c1-n1c2ccccc2c2ccccc21. The Morgan fingerprint density at radius 2 is 1.41 bits per heavy atom. The number of hydrogen-bond acceptors (Lipinski definition) is 2. The van der Waals surface area contributed by atoms with Gasteiger partial charge in [-0.1, -0.05) is 115 Å². The Hall–Kier alpha value is -6.36. The number of allylic oxidation sites excluding steroid dienone is 5. The molecule has 2 aliphatic rings. The molecule has 1 unspecified atom stereocenters. The van der Waals surface area contributed by atoms with Crippen LogP contribution in [0.2, 0.25) is 0 Å². The summed E-state index contributed by atoms with van der Waals surface area (Å²) in [6.45, 7) is 0.730. The van der Waals surface area contributed by atoms with Crippen LogP contribution < -0.4 is 0 Å². The molecule has 0 bridgehead atoms. The van der Waals surface area contributed by atoms with Gasteiger partial charge in [-0.15, -0.1) is 0 Å². The number of aromatic nitrogens is 2. The molecule has 4 nitrogen and oxygen atoms in total. The summed E-state index contributed by atoms with van der Waals surface area (Å²) in [6, 6.07) is 43.0. The van der Waals surface area contributed by atoms with E-state index in [1.54, 1.807) is 0 Å². The Kier molecular flexibility index (Phi) is 6.89. The zero-order valence-corrected chi connectivity index (χ0v) is 27.0. The fraction of sp³-hybridized carbons (Fsp3) is 0.111. The van der Waals surface area contributed by atoms with Crippen molar-refractivity contribution in [3.8, 4) is 17.8 Å². The van der Waals surface area contributed by atoms with E-state index in [2.05, 4.69) is 137 Å². The molecular weight excluding hydrogens is 597 g/mol. The van der Waals surface area contributed by atoms with E-state index in [0.717, 1.165) is 64.6 Å². The Bertz CT molecular complexity index is 2570. The number of benzene rings is 5. The van der Waals surface area contributed by atoms with Gasteiger partial charge in [-0.25, -0.2) is 0 Å². The maximum absolute atomic E-state index is 10.4. The molecule has 0 amide bonds. The fourth-order valence-electron chi connectivity index (χ4n) is 8.09. The highest BCUT2D eigenvalue weighted by Gasteiger charge is 2.23. The third-order valence-electron chi connectivity index (χ3n) is 10.3. The predicted octanol–water partition coefficient (Wildman–Crippen LogP) is 10.6.